The molecule has 0 aliphatic rings. The van der Waals surface area contributed by atoms with Gasteiger partial charge >= 0.3 is 0 Å². The molecule has 1 N–H and O–H groups in total. The molecule has 6 nitrogen and oxygen atoms in total. The summed E-state index contributed by atoms with van der Waals surface area (Å²) in [6, 6.07) is 13.6. The van der Waals surface area contributed by atoms with Crippen molar-refractivity contribution in [3.8, 4) is 17.1 Å². The van der Waals surface area contributed by atoms with Crippen LogP contribution in [0.3, 0.4) is 0 Å². The van der Waals surface area contributed by atoms with Gasteiger partial charge in [-0.15, -0.1) is 10.2 Å². The molecule has 1 amide bonds. The Morgan fingerprint density at radius 1 is 1.11 bits per heavy atom. The van der Waals surface area contributed by atoms with Gasteiger partial charge in [0, 0.05) is 18.3 Å². The summed E-state index contributed by atoms with van der Waals surface area (Å²) in [6.45, 7) is 4.02. The Balaban J connectivity index is 1.64. The first kappa shape index (κ1) is 19.0. The lowest BCUT2D eigenvalue weighted by molar-refractivity contribution is -0.113. The first-order valence-electron chi connectivity index (χ1n) is 8.51. The third-order valence-electron chi connectivity index (χ3n) is 4.02. The molecular formula is C20H22N4O2S. The Labute approximate surface area is 163 Å². The molecule has 0 atom stereocenters. The fraction of sp³-hybridized carbons (Fsp3) is 0.250. The zero-order chi connectivity index (χ0) is 19.4. The van der Waals surface area contributed by atoms with E-state index >= 15 is 0 Å². The molecule has 1 heterocycles. The average Bonchev–Trinajstić information content (AvgIpc) is 3.00. The lowest BCUT2D eigenvalue weighted by atomic mass is 10.1. The van der Waals surface area contributed by atoms with Crippen LogP contribution >= 0.6 is 11.8 Å². The minimum absolute atomic E-state index is 0.0704. The zero-order valence-corrected chi connectivity index (χ0v) is 16.6. The van der Waals surface area contributed by atoms with E-state index < -0.39 is 0 Å². The number of hydrogen-bond donors (Lipinski definition) is 1. The Bertz CT molecular complexity index is 931. The molecule has 3 rings (SSSR count). The van der Waals surface area contributed by atoms with E-state index in [2.05, 4.69) is 21.6 Å². The number of aromatic nitrogens is 3. The highest BCUT2D eigenvalue weighted by molar-refractivity contribution is 7.99. The van der Waals surface area contributed by atoms with E-state index in [0.29, 0.717) is 5.16 Å². The molecule has 0 saturated carbocycles. The number of aryl methyl sites for hydroxylation is 2. The number of methoxy groups -OCH3 is 1. The van der Waals surface area contributed by atoms with E-state index in [1.54, 1.807) is 7.11 Å². The van der Waals surface area contributed by atoms with Crippen LogP contribution in [0.25, 0.3) is 11.4 Å². The number of nitrogens with one attached hydrogen (secondary N) is 1. The van der Waals surface area contributed by atoms with E-state index in [0.717, 1.165) is 34.0 Å². The van der Waals surface area contributed by atoms with Crippen molar-refractivity contribution in [3.05, 3.63) is 53.6 Å². The zero-order valence-electron chi connectivity index (χ0n) is 15.8. The quantitative estimate of drug-likeness (QED) is 0.656. The standard InChI is InChI=1S/C20H22N4O2S/c1-13-9-14(2)11-16(10-13)21-18(25)12-27-20-23-22-19(24(20)3)15-5-7-17(26-4)8-6-15/h5-11H,12H2,1-4H3,(H,21,25). The summed E-state index contributed by atoms with van der Waals surface area (Å²) < 4.78 is 7.06. The van der Waals surface area contributed by atoms with E-state index in [4.69, 9.17) is 4.74 Å². The first-order valence-corrected chi connectivity index (χ1v) is 9.49. The molecule has 7 heteroatoms. The summed E-state index contributed by atoms with van der Waals surface area (Å²) in [5.41, 5.74) is 4.00. The van der Waals surface area contributed by atoms with Crippen LogP contribution in [0.5, 0.6) is 5.75 Å². The van der Waals surface area contributed by atoms with Gasteiger partial charge in [0.15, 0.2) is 11.0 Å². The van der Waals surface area contributed by atoms with Crippen molar-refractivity contribution in [1.29, 1.82) is 0 Å². The Morgan fingerprint density at radius 3 is 2.41 bits per heavy atom. The second kappa shape index (κ2) is 8.26. The molecular weight excluding hydrogens is 360 g/mol. The van der Waals surface area contributed by atoms with Gasteiger partial charge in [-0.2, -0.15) is 0 Å². The topological polar surface area (TPSA) is 69.0 Å². The van der Waals surface area contributed by atoms with Gasteiger partial charge in [-0.1, -0.05) is 17.8 Å². The predicted molar refractivity (Wildman–Crippen MR) is 108 cm³/mol. The number of carbonyl (C=O) groups excluding carboxylic acids is 1. The second-order valence-electron chi connectivity index (χ2n) is 6.31. The molecule has 0 saturated heterocycles. The van der Waals surface area contributed by atoms with E-state index in [1.807, 2.05) is 61.9 Å². The molecule has 0 unspecified atom stereocenters. The molecule has 3 aromatic rings. The van der Waals surface area contributed by atoms with Crippen LogP contribution in [0, 0.1) is 13.8 Å². The third-order valence-corrected chi connectivity index (χ3v) is 5.04. The minimum atomic E-state index is -0.0704. The Morgan fingerprint density at radius 2 is 1.78 bits per heavy atom. The number of anilines is 1. The molecule has 0 radical (unpaired) electrons. The molecule has 1 aromatic heterocycles. The molecule has 27 heavy (non-hydrogen) atoms. The third kappa shape index (κ3) is 4.68. The van der Waals surface area contributed by atoms with Crippen molar-refractivity contribution >= 4 is 23.4 Å². The summed E-state index contributed by atoms with van der Waals surface area (Å²) in [5.74, 6) is 1.73. The van der Waals surface area contributed by atoms with Crippen molar-refractivity contribution in [2.75, 3.05) is 18.2 Å². The van der Waals surface area contributed by atoms with Crippen LogP contribution < -0.4 is 10.1 Å². The summed E-state index contributed by atoms with van der Waals surface area (Å²) in [5, 5.41) is 12.1. The number of nitrogens with zero attached hydrogens (tertiary/aromatic N) is 3. The SMILES string of the molecule is COc1ccc(-c2nnc(SCC(=O)Nc3cc(C)cc(C)c3)n2C)cc1. The summed E-state index contributed by atoms with van der Waals surface area (Å²) in [7, 11) is 3.53. The highest BCUT2D eigenvalue weighted by atomic mass is 32.2. The monoisotopic (exact) mass is 382 g/mol. The smallest absolute Gasteiger partial charge is 0.234 e. The van der Waals surface area contributed by atoms with Crippen molar-refractivity contribution in [2.24, 2.45) is 7.05 Å². The second-order valence-corrected chi connectivity index (χ2v) is 7.25. The number of benzene rings is 2. The maximum Gasteiger partial charge on any atom is 0.234 e. The van der Waals surface area contributed by atoms with Gasteiger partial charge in [0.2, 0.25) is 5.91 Å². The molecule has 2 aromatic carbocycles. The van der Waals surface area contributed by atoms with Crippen molar-refractivity contribution in [1.82, 2.24) is 14.8 Å². The lowest BCUT2D eigenvalue weighted by Gasteiger charge is -2.08. The maximum atomic E-state index is 12.3. The number of hydrogen-bond acceptors (Lipinski definition) is 5. The van der Waals surface area contributed by atoms with Crippen LogP contribution in [0.4, 0.5) is 5.69 Å². The maximum absolute atomic E-state index is 12.3. The van der Waals surface area contributed by atoms with Crippen LogP contribution in [0.15, 0.2) is 47.6 Å². The van der Waals surface area contributed by atoms with Crippen molar-refractivity contribution in [3.63, 3.8) is 0 Å². The highest BCUT2D eigenvalue weighted by Gasteiger charge is 2.13. The van der Waals surface area contributed by atoms with Crippen LogP contribution in [-0.2, 0) is 11.8 Å². The largest absolute Gasteiger partial charge is 0.497 e. The fourth-order valence-electron chi connectivity index (χ4n) is 2.81. The number of carbonyl (C=O) groups is 1. The number of thioether (sulfide) groups is 1. The van der Waals surface area contributed by atoms with Gasteiger partial charge in [-0.25, -0.2) is 0 Å². The fourth-order valence-corrected chi connectivity index (χ4v) is 3.52. The molecule has 0 spiro atoms. The summed E-state index contributed by atoms with van der Waals surface area (Å²) in [6.07, 6.45) is 0. The summed E-state index contributed by atoms with van der Waals surface area (Å²) in [4.78, 5) is 12.3. The van der Waals surface area contributed by atoms with Gasteiger partial charge in [-0.3, -0.25) is 4.79 Å². The Kier molecular flexibility index (Phi) is 5.81. The van der Waals surface area contributed by atoms with Gasteiger partial charge in [-0.05, 0) is 61.4 Å². The molecule has 0 bridgehead atoms. The lowest BCUT2D eigenvalue weighted by Crippen LogP contribution is -2.14. The van der Waals surface area contributed by atoms with Crippen molar-refractivity contribution < 1.29 is 9.53 Å². The first-order chi connectivity index (χ1) is 13.0. The van der Waals surface area contributed by atoms with Gasteiger partial charge in [0.1, 0.15) is 5.75 Å². The number of ether oxygens (including phenoxy) is 1. The van der Waals surface area contributed by atoms with Gasteiger partial charge in [0.25, 0.3) is 0 Å². The van der Waals surface area contributed by atoms with Gasteiger partial charge in [0.05, 0.1) is 12.9 Å². The van der Waals surface area contributed by atoms with E-state index in [9.17, 15) is 4.79 Å². The molecule has 0 fully saturated rings. The Hall–Kier alpha value is -2.80. The van der Waals surface area contributed by atoms with E-state index in [1.165, 1.54) is 11.8 Å². The summed E-state index contributed by atoms with van der Waals surface area (Å²) >= 11 is 1.36. The predicted octanol–water partition coefficient (Wildman–Crippen LogP) is 3.84. The molecule has 140 valence electrons. The average molecular weight is 382 g/mol. The highest BCUT2D eigenvalue weighted by Crippen LogP contribution is 2.24. The van der Waals surface area contributed by atoms with E-state index in [-0.39, 0.29) is 11.7 Å². The van der Waals surface area contributed by atoms with Crippen LogP contribution in [-0.4, -0.2) is 33.5 Å². The normalized spacial score (nSPS) is 10.7. The number of amides is 1. The molecule has 0 aliphatic carbocycles. The van der Waals surface area contributed by atoms with Crippen molar-refractivity contribution in [2.45, 2.75) is 19.0 Å². The van der Waals surface area contributed by atoms with Crippen LogP contribution in [0.2, 0.25) is 0 Å². The minimum Gasteiger partial charge on any atom is -0.497 e. The van der Waals surface area contributed by atoms with Crippen LogP contribution in [0.1, 0.15) is 11.1 Å². The molecule has 0 aliphatic heterocycles. The number of rotatable bonds is 6. The van der Waals surface area contributed by atoms with Gasteiger partial charge < -0.3 is 14.6 Å².